The highest BCUT2D eigenvalue weighted by Gasteiger charge is 2.80. The Morgan fingerprint density at radius 2 is 1.31 bits per heavy atom. The van der Waals surface area contributed by atoms with Crippen LogP contribution in [0.25, 0.3) is 0 Å². The van der Waals surface area contributed by atoms with Gasteiger partial charge in [-0.2, -0.15) is 8.42 Å². The van der Waals surface area contributed by atoms with Gasteiger partial charge in [-0.25, -0.2) is 13.5 Å². The maximum Gasteiger partial charge on any atom is 0.264 e. The van der Waals surface area contributed by atoms with Gasteiger partial charge in [0.25, 0.3) is 10.1 Å². The van der Waals surface area contributed by atoms with E-state index in [0.717, 1.165) is 53.3 Å². The van der Waals surface area contributed by atoms with Gasteiger partial charge in [-0.05, 0) is 162 Å². The van der Waals surface area contributed by atoms with Crippen molar-refractivity contribution >= 4 is 80.2 Å². The number of Topliss-reactive ketones (excluding diaryl/α,β-unsaturated/α-hetero) is 2. The monoisotopic (exact) mass is 1950 g/mol. The van der Waals surface area contributed by atoms with Gasteiger partial charge in [0.05, 0.1) is 148 Å². The van der Waals surface area contributed by atoms with Gasteiger partial charge in [-0.1, -0.05) is 113 Å². The molecule has 3 heterocycles. The molecule has 7 aliphatic rings. The number of benzene rings is 3. The molecule has 8 N–H and O–H groups in total. The molecule has 2 aliphatic heterocycles. The Morgan fingerprint density at radius 1 is 0.667 bits per heavy atom. The van der Waals surface area contributed by atoms with Crippen LogP contribution in [-0.4, -0.2) is 277 Å². The molecule has 4 aromatic rings. The maximum absolute atomic E-state index is 18.2. The highest BCUT2D eigenvalue weighted by Crippen LogP contribution is 2.72. The Bertz CT molecular complexity index is 5010. The van der Waals surface area contributed by atoms with Crippen LogP contribution in [0, 0.1) is 40.4 Å². The van der Waals surface area contributed by atoms with Crippen molar-refractivity contribution < 1.29 is 127 Å². The van der Waals surface area contributed by atoms with E-state index in [1.807, 2.05) is 62.4 Å². The van der Waals surface area contributed by atoms with Crippen LogP contribution in [0.4, 0.5) is 20.2 Å². The molecule has 758 valence electrons. The Hall–Kier alpha value is -9.57. The fourth-order valence-corrected chi connectivity index (χ4v) is 20.1. The molecule has 7 amide bonds. The fraction of sp³-hybridized carbons (Fsp3) is 0.640. The topological polar surface area (TPSA) is 453 Å². The normalized spacial score (nSPS) is 23.6. The van der Waals surface area contributed by atoms with Crippen LogP contribution in [0.1, 0.15) is 203 Å². The third-order valence-electron chi connectivity index (χ3n) is 26.9. The predicted octanol–water partition coefficient (Wildman–Crippen LogP) is 8.21. The van der Waals surface area contributed by atoms with Gasteiger partial charge in [0.15, 0.2) is 29.1 Å². The number of rotatable bonds is 59. The van der Waals surface area contributed by atoms with Gasteiger partial charge in [0, 0.05) is 85.2 Å². The zero-order valence-corrected chi connectivity index (χ0v) is 81.0. The number of hydrogen-bond donors (Lipinski definition) is 8. The minimum atomic E-state index is -4.10. The van der Waals surface area contributed by atoms with Crippen LogP contribution in [0.5, 0.6) is 0 Å². The summed E-state index contributed by atoms with van der Waals surface area (Å²) in [6.45, 7) is 15.2. The van der Waals surface area contributed by atoms with E-state index in [1.54, 1.807) is 47.7 Å². The number of nitrogens with zero attached hydrogens (tertiary/aromatic N) is 4. The van der Waals surface area contributed by atoms with Crippen LogP contribution in [-0.2, 0) is 136 Å². The Kier molecular flexibility index (Phi) is 42.1. The molecule has 0 radical (unpaired) electrons. The SMILES string of the molecule is CCCC1O[C@@H]2C[C@H]3[C@@H]4C[C@H](F)C5=CC(=O)C=C[C@]5(C)[C@@]4(F)[C@@H](O)C[C@]3(C)[C@]2(C(=O)CCc2ccc(NC(=O)[C@H](C)NC(=O)[C@@H](NC(=O)[C@@H](CCCCNC(=O)COC3CCCCCc4c3nnn4CCOCCOCCOCCOCCC(=O)CCCS(=O)(=O)O)NC(=O)CCOCCOCCOCCOCCNC(=O)CCC(=O)N3Cc4ccccc4C#Cc4ccccc43)C(C)C)cc2)O1. The molecule has 2 unspecified atom stereocenters. The smallest absolute Gasteiger partial charge is 0.264 e. The van der Waals surface area contributed by atoms with E-state index in [4.69, 9.17) is 56.7 Å². The number of para-hydroxylation sites is 1. The Labute approximate surface area is 806 Å². The Morgan fingerprint density at radius 3 is 2.00 bits per heavy atom. The molecule has 3 aromatic carbocycles. The van der Waals surface area contributed by atoms with Crippen LogP contribution in [0.3, 0.4) is 0 Å². The lowest BCUT2D eigenvalue weighted by Gasteiger charge is -2.63. The van der Waals surface area contributed by atoms with Crippen molar-refractivity contribution in [1.82, 2.24) is 41.6 Å². The number of carbonyl (C=O) groups excluding carboxylic acids is 10. The number of fused-ring (bicyclic) bond motifs is 10. The molecule has 5 aliphatic carbocycles. The van der Waals surface area contributed by atoms with Gasteiger partial charge in [0.1, 0.15) is 48.5 Å². The summed E-state index contributed by atoms with van der Waals surface area (Å²) in [6.07, 6.45) is 4.58. The first kappa shape index (κ1) is 109. The molecule has 11 rings (SSSR count). The molecular formula is C100H138F2N10O25S. The molecular weight excluding hydrogens is 1810 g/mol. The summed E-state index contributed by atoms with van der Waals surface area (Å²) >= 11 is 0. The van der Waals surface area contributed by atoms with Crippen LogP contribution in [0.15, 0.2) is 96.6 Å². The number of aliphatic hydroxyl groups is 1. The molecule has 138 heavy (non-hydrogen) atoms. The van der Waals surface area contributed by atoms with Crippen LogP contribution >= 0.6 is 0 Å². The molecule has 3 saturated carbocycles. The summed E-state index contributed by atoms with van der Waals surface area (Å²) in [5.41, 5.74) is -0.809. The third kappa shape index (κ3) is 29.8. The number of hydrogen-bond acceptors (Lipinski definition) is 26. The highest BCUT2D eigenvalue weighted by atomic mass is 32.2. The highest BCUT2D eigenvalue weighted by molar-refractivity contribution is 7.85. The molecule has 14 atom stereocenters. The second-order valence-electron chi connectivity index (χ2n) is 37.0. The number of ether oxygens (including phenoxy) is 11. The summed E-state index contributed by atoms with van der Waals surface area (Å²) in [7, 11) is -4.10. The number of carbonyl (C=O) groups is 10. The zero-order valence-electron chi connectivity index (χ0n) is 80.2. The number of allylic oxidation sites excluding steroid dienone is 4. The number of ketones is 3. The van der Waals surface area contributed by atoms with Crippen molar-refractivity contribution in [2.75, 3.05) is 141 Å². The van der Waals surface area contributed by atoms with Crippen molar-refractivity contribution in [3.8, 4) is 11.8 Å². The van der Waals surface area contributed by atoms with E-state index >= 15 is 13.6 Å². The zero-order chi connectivity index (χ0) is 98.8. The Balaban J connectivity index is 0.602. The van der Waals surface area contributed by atoms with E-state index in [9.17, 15) is 56.7 Å². The molecule has 0 spiro atoms. The fourth-order valence-electron chi connectivity index (χ4n) is 19.6. The standard InChI is InChI=1S/C100H138F2N10O25S/c1-7-18-91-136-86-63-76-77-62-79(101)78-61-75(114)37-40-97(78,5)99(77,102)85(116)64-98(76,6)100(86,137-91)84(115)34-29-69-27-32-73(33-28-69)106-94(121)68(4)105-96(123)92(67(2)3)108-95(122)80(107-88(118)39-45-128-49-53-132-56-58-133-54-50-129-46-42-104-87(117)35-36-90(120)111-65-72-21-12-11-19-70(72)30-31-71-20-13-14-24-81(71)111)23-15-16-41-103-89(119)66-135-83-26-10-8-9-25-82-93(83)109-110-112(82)43-47-130-51-55-134-59-57-131-52-48-127-44-38-74(113)22-17-60-138(124,125)126/h11-14,19-21,24,27-28,32-33,37,40,61,67-68,76-77,79-80,83,85-86,91-92,116H,7-10,15-18,22-23,25-26,29,34-36,38-39,41-60,62-66H2,1-6H3,(H,103,119)(H,104,117)(H,105,123)(H,106,121)(H,107,118)(H,108,122)(H,124,125,126)/t68-,76-,77-,79-,80+,83?,85-,86+,91?,92-,97-,98-,99-,100+/m0/s1. The number of unbranched alkanes of at least 4 members (excludes halogenated alkanes) is 1. The average Bonchev–Trinajstić information content (AvgIpc) is 1.27. The van der Waals surface area contributed by atoms with E-state index in [-0.39, 0.29) is 198 Å². The lowest BCUT2D eigenvalue weighted by molar-refractivity contribution is -0.234. The summed E-state index contributed by atoms with van der Waals surface area (Å²) in [5, 5.41) is 37.9. The maximum atomic E-state index is 18.2. The first-order valence-electron chi connectivity index (χ1n) is 48.6. The number of halogens is 2. The molecule has 0 bridgehead atoms. The number of aryl methyl sites for hydroxylation is 1. The van der Waals surface area contributed by atoms with E-state index in [2.05, 4.69) is 54.1 Å². The van der Waals surface area contributed by atoms with Crippen molar-refractivity contribution in [2.45, 2.75) is 250 Å². The molecule has 4 fully saturated rings. The average molecular weight is 1950 g/mol. The number of aromatic nitrogens is 3. The minimum Gasteiger partial charge on any atom is -0.390 e. The molecule has 1 saturated heterocycles. The number of anilines is 2. The second-order valence-corrected chi connectivity index (χ2v) is 38.5. The summed E-state index contributed by atoms with van der Waals surface area (Å²) < 4.78 is 131. The van der Waals surface area contributed by atoms with Crippen molar-refractivity contribution in [1.29, 1.82) is 0 Å². The van der Waals surface area contributed by atoms with Crippen LogP contribution < -0.4 is 36.8 Å². The van der Waals surface area contributed by atoms with Gasteiger partial charge >= 0.3 is 0 Å². The van der Waals surface area contributed by atoms with Gasteiger partial charge in [-0.3, -0.25) is 52.5 Å². The predicted molar refractivity (Wildman–Crippen MR) is 503 cm³/mol. The van der Waals surface area contributed by atoms with Gasteiger partial charge in [0.2, 0.25) is 41.4 Å². The second kappa shape index (κ2) is 53.3. The van der Waals surface area contributed by atoms with Crippen molar-refractivity contribution in [2.24, 2.45) is 28.6 Å². The quantitative estimate of drug-likeness (QED) is 0.0117. The number of alkyl halides is 2. The largest absolute Gasteiger partial charge is 0.390 e. The van der Waals surface area contributed by atoms with Gasteiger partial charge < -0.3 is 94.0 Å². The number of amides is 7. The van der Waals surface area contributed by atoms with Crippen molar-refractivity contribution in [3.63, 3.8) is 0 Å². The van der Waals surface area contributed by atoms with E-state index in [0.29, 0.717) is 108 Å². The molecule has 38 heteroatoms. The summed E-state index contributed by atoms with van der Waals surface area (Å²) in [4.78, 5) is 137. The van der Waals surface area contributed by atoms with Crippen molar-refractivity contribution in [3.05, 3.63) is 130 Å². The molecule has 35 nitrogen and oxygen atoms in total. The lowest BCUT2D eigenvalue weighted by Crippen LogP contribution is -2.70. The summed E-state index contributed by atoms with van der Waals surface area (Å²) in [5.74, 6) is -0.404. The first-order valence-corrected chi connectivity index (χ1v) is 50.2. The third-order valence-corrected chi connectivity index (χ3v) is 27.7. The number of aliphatic hydroxyl groups excluding tert-OH is 1. The van der Waals surface area contributed by atoms with Gasteiger partial charge in [-0.15, -0.1) is 5.10 Å². The first-order chi connectivity index (χ1) is 66.4. The van der Waals surface area contributed by atoms with E-state index in [1.165, 1.54) is 26.0 Å². The number of nitrogens with one attached hydrogen (secondary N) is 6. The summed E-state index contributed by atoms with van der Waals surface area (Å²) in [6, 6.07) is 18.5. The minimum absolute atomic E-state index is 0.00531. The van der Waals surface area contributed by atoms with Crippen LogP contribution in [0.2, 0.25) is 0 Å². The lowest BCUT2D eigenvalue weighted by atomic mass is 9.44. The van der Waals surface area contributed by atoms with E-state index < -0.39 is 134 Å². The molecule has 1 aromatic heterocycles.